The van der Waals surface area contributed by atoms with Gasteiger partial charge < -0.3 is 20.3 Å². The second kappa shape index (κ2) is 67.6. The predicted molar refractivity (Wildman–Crippen MR) is 343 cm³/mol. The zero-order valence-corrected chi connectivity index (χ0v) is 52.7. The molecular formula is C72H137NO5. The third kappa shape index (κ3) is 63.3. The number of hydrogen-bond donors (Lipinski definition) is 3. The summed E-state index contributed by atoms with van der Waals surface area (Å²) in [5.74, 6) is -0.0568. The van der Waals surface area contributed by atoms with Crippen LogP contribution < -0.4 is 5.32 Å². The molecule has 0 aliphatic carbocycles. The molecule has 0 aliphatic rings. The lowest BCUT2D eigenvalue weighted by molar-refractivity contribution is -0.143. The summed E-state index contributed by atoms with van der Waals surface area (Å²) in [7, 11) is 0. The molecule has 0 spiro atoms. The first kappa shape index (κ1) is 76.1. The Hall–Kier alpha value is -1.92. The Morgan fingerprint density at radius 1 is 0.359 bits per heavy atom. The summed E-state index contributed by atoms with van der Waals surface area (Å²) in [5, 5.41) is 23.2. The van der Waals surface area contributed by atoms with Gasteiger partial charge in [-0.05, 0) is 64.2 Å². The van der Waals surface area contributed by atoms with E-state index in [-0.39, 0.29) is 18.5 Å². The maximum absolute atomic E-state index is 12.5. The fraction of sp³-hybridized carbons (Fsp3) is 0.889. The minimum atomic E-state index is -0.843. The number of aliphatic hydroxyl groups is 2. The quantitative estimate of drug-likeness (QED) is 0.0320. The van der Waals surface area contributed by atoms with E-state index in [4.69, 9.17) is 4.74 Å². The number of rotatable bonds is 66. The number of amides is 1. The van der Waals surface area contributed by atoms with Crippen LogP contribution in [-0.4, -0.2) is 47.4 Å². The number of aliphatic hydroxyl groups excluding tert-OH is 2. The summed E-state index contributed by atoms with van der Waals surface area (Å²) in [6.45, 7) is 4.91. The van der Waals surface area contributed by atoms with Crippen LogP contribution >= 0.6 is 0 Å². The van der Waals surface area contributed by atoms with Gasteiger partial charge in [-0.2, -0.15) is 0 Å². The highest BCUT2D eigenvalue weighted by molar-refractivity contribution is 5.76. The van der Waals surface area contributed by atoms with Gasteiger partial charge in [0.05, 0.1) is 25.4 Å². The van der Waals surface area contributed by atoms with Crippen LogP contribution in [-0.2, 0) is 14.3 Å². The van der Waals surface area contributed by atoms with Crippen molar-refractivity contribution in [3.63, 3.8) is 0 Å². The molecule has 0 aliphatic heterocycles. The Morgan fingerprint density at radius 2 is 0.641 bits per heavy atom. The van der Waals surface area contributed by atoms with Crippen molar-refractivity contribution in [1.82, 2.24) is 5.32 Å². The highest BCUT2D eigenvalue weighted by atomic mass is 16.5. The highest BCUT2D eigenvalue weighted by Gasteiger charge is 2.18. The van der Waals surface area contributed by atoms with Crippen LogP contribution in [0.4, 0.5) is 0 Å². The second-order valence-corrected chi connectivity index (χ2v) is 24.2. The Labute approximate surface area is 487 Å². The van der Waals surface area contributed by atoms with Crippen LogP contribution in [0.3, 0.4) is 0 Å². The van der Waals surface area contributed by atoms with Crippen molar-refractivity contribution in [3.8, 4) is 0 Å². The molecule has 460 valence electrons. The van der Waals surface area contributed by atoms with Crippen molar-refractivity contribution < 1.29 is 24.5 Å². The molecule has 6 nitrogen and oxygen atoms in total. The Balaban J connectivity index is 3.36. The Bertz CT molecular complexity index is 1260. The van der Waals surface area contributed by atoms with Crippen molar-refractivity contribution >= 4 is 11.9 Å². The number of unbranched alkanes of at least 4 members (excludes halogenated alkanes) is 51. The number of hydrogen-bond acceptors (Lipinski definition) is 5. The number of carbonyl (C=O) groups is 2. The normalized spacial score (nSPS) is 12.7. The molecule has 1 amide bonds. The van der Waals surface area contributed by atoms with Crippen LogP contribution in [0.1, 0.15) is 386 Å². The number of allylic oxidation sites excluding steroid dienone is 5. The first-order valence-electron chi connectivity index (χ1n) is 35.3. The third-order valence-corrected chi connectivity index (χ3v) is 16.4. The lowest BCUT2D eigenvalue weighted by Crippen LogP contribution is -2.45. The van der Waals surface area contributed by atoms with Gasteiger partial charge in [0.15, 0.2) is 0 Å². The standard InChI is InChI=1S/C72H137NO5/c1-3-5-7-9-11-13-15-17-19-33-36-40-44-48-52-56-60-64-70(75)69(68-74)73-71(76)65-61-57-53-49-45-41-37-34-31-29-27-25-23-21-22-24-26-28-30-32-35-39-43-47-51-55-59-63-67-78-72(77)66-62-58-54-50-46-42-38-20-18-16-14-12-10-8-6-4-2/h14,16,20,38,60,64,69-70,74-75H,3-13,15,17-19,21-37,39-59,61-63,65-68H2,1-2H3,(H,73,76)/b16-14-,38-20-,64-60+. The van der Waals surface area contributed by atoms with E-state index in [0.29, 0.717) is 19.4 Å². The minimum Gasteiger partial charge on any atom is -0.466 e. The molecule has 2 unspecified atom stereocenters. The molecule has 6 heteroatoms. The summed E-state index contributed by atoms with van der Waals surface area (Å²) >= 11 is 0. The van der Waals surface area contributed by atoms with Crippen LogP contribution in [0.5, 0.6) is 0 Å². The summed E-state index contributed by atoms with van der Waals surface area (Å²) in [6.07, 6.45) is 86.5. The van der Waals surface area contributed by atoms with Gasteiger partial charge in [0.25, 0.3) is 0 Å². The number of nitrogens with one attached hydrogen (secondary N) is 1. The van der Waals surface area contributed by atoms with Gasteiger partial charge >= 0.3 is 5.97 Å². The van der Waals surface area contributed by atoms with Gasteiger partial charge in [0.2, 0.25) is 5.91 Å². The first-order chi connectivity index (χ1) is 38.5. The van der Waals surface area contributed by atoms with E-state index in [1.807, 2.05) is 6.08 Å². The average Bonchev–Trinajstić information content (AvgIpc) is 3.44. The van der Waals surface area contributed by atoms with E-state index < -0.39 is 12.1 Å². The zero-order chi connectivity index (χ0) is 56.4. The van der Waals surface area contributed by atoms with Gasteiger partial charge in [0, 0.05) is 12.8 Å². The van der Waals surface area contributed by atoms with E-state index in [1.165, 1.54) is 308 Å². The number of esters is 1. The van der Waals surface area contributed by atoms with Crippen LogP contribution in [0.25, 0.3) is 0 Å². The fourth-order valence-electron chi connectivity index (χ4n) is 11.0. The van der Waals surface area contributed by atoms with E-state index in [1.54, 1.807) is 6.08 Å². The van der Waals surface area contributed by atoms with Crippen LogP contribution in [0.2, 0.25) is 0 Å². The molecule has 0 saturated carbocycles. The topological polar surface area (TPSA) is 95.9 Å². The first-order valence-corrected chi connectivity index (χ1v) is 35.3. The van der Waals surface area contributed by atoms with Crippen molar-refractivity contribution in [1.29, 1.82) is 0 Å². The molecule has 0 aromatic heterocycles. The molecule has 0 heterocycles. The summed E-state index contributed by atoms with van der Waals surface area (Å²) in [6, 6.07) is -0.626. The van der Waals surface area contributed by atoms with Crippen LogP contribution in [0, 0.1) is 0 Å². The summed E-state index contributed by atoms with van der Waals surface area (Å²) in [5.41, 5.74) is 0. The van der Waals surface area contributed by atoms with Crippen molar-refractivity contribution in [2.75, 3.05) is 13.2 Å². The molecule has 0 rings (SSSR count). The maximum Gasteiger partial charge on any atom is 0.305 e. The Morgan fingerprint density at radius 3 is 0.987 bits per heavy atom. The maximum atomic E-state index is 12.5. The molecule has 0 aromatic carbocycles. The molecule has 0 fully saturated rings. The van der Waals surface area contributed by atoms with E-state index in [0.717, 1.165) is 51.4 Å². The van der Waals surface area contributed by atoms with Crippen molar-refractivity contribution in [2.24, 2.45) is 0 Å². The fourth-order valence-corrected chi connectivity index (χ4v) is 11.0. The van der Waals surface area contributed by atoms with Gasteiger partial charge in [-0.15, -0.1) is 0 Å². The van der Waals surface area contributed by atoms with Gasteiger partial charge in [-0.1, -0.05) is 346 Å². The molecule has 0 radical (unpaired) electrons. The Kier molecular flexibility index (Phi) is 65.9. The molecule has 0 bridgehead atoms. The largest absolute Gasteiger partial charge is 0.466 e. The molecule has 2 atom stereocenters. The van der Waals surface area contributed by atoms with Crippen molar-refractivity contribution in [3.05, 3.63) is 36.5 Å². The van der Waals surface area contributed by atoms with E-state index >= 15 is 0 Å². The monoisotopic (exact) mass is 1100 g/mol. The zero-order valence-electron chi connectivity index (χ0n) is 52.7. The van der Waals surface area contributed by atoms with Crippen molar-refractivity contribution in [2.45, 2.75) is 398 Å². The minimum absolute atomic E-state index is 0.00533. The highest BCUT2D eigenvalue weighted by Crippen LogP contribution is 2.19. The number of ether oxygens (including phenoxy) is 1. The third-order valence-electron chi connectivity index (χ3n) is 16.4. The molecule has 78 heavy (non-hydrogen) atoms. The number of carbonyl (C=O) groups excluding carboxylic acids is 2. The lowest BCUT2D eigenvalue weighted by atomic mass is 10.0. The predicted octanol–water partition coefficient (Wildman–Crippen LogP) is 22.7. The smallest absolute Gasteiger partial charge is 0.305 e. The van der Waals surface area contributed by atoms with Gasteiger partial charge in [-0.3, -0.25) is 9.59 Å². The average molecular weight is 1100 g/mol. The van der Waals surface area contributed by atoms with E-state index in [9.17, 15) is 19.8 Å². The molecule has 0 saturated heterocycles. The van der Waals surface area contributed by atoms with Crippen LogP contribution in [0.15, 0.2) is 36.5 Å². The summed E-state index contributed by atoms with van der Waals surface area (Å²) < 4.78 is 5.49. The molecule has 3 N–H and O–H groups in total. The second-order valence-electron chi connectivity index (χ2n) is 24.2. The lowest BCUT2D eigenvalue weighted by Gasteiger charge is -2.20. The van der Waals surface area contributed by atoms with E-state index in [2.05, 4.69) is 43.5 Å². The molecular weight excluding hydrogens is 959 g/mol. The van der Waals surface area contributed by atoms with Gasteiger partial charge in [0.1, 0.15) is 0 Å². The SMILES string of the molecule is CCCCCC/C=C\C/C=C\CCCCCCCC(=O)OCCCCCCCCCCCCCCCCCCCCCCCCCCCCCCC(=O)NC(CO)C(O)/C=C/CCCCCCCCCCCCCCCCC. The summed E-state index contributed by atoms with van der Waals surface area (Å²) in [4.78, 5) is 24.6. The molecule has 0 aromatic rings. The van der Waals surface area contributed by atoms with Gasteiger partial charge in [-0.25, -0.2) is 0 Å².